The Kier molecular flexibility index (Phi) is 16.2. The molecule has 3 heteroatoms. The van der Waals surface area contributed by atoms with E-state index in [2.05, 4.69) is 302 Å². The Morgan fingerprint density at radius 3 is 1.15 bits per heavy atom. The number of fused-ring (bicyclic) bond motifs is 4. The van der Waals surface area contributed by atoms with Crippen LogP contribution in [0.2, 0.25) is 0 Å². The average Bonchev–Trinajstić information content (AvgIpc) is 2.04. The molecule has 0 N–H and O–H groups in total. The second-order valence-corrected chi connectivity index (χ2v) is 23.7. The van der Waals surface area contributed by atoms with Crippen LogP contribution >= 0.6 is 0 Å². The van der Waals surface area contributed by atoms with E-state index in [1.165, 1.54) is 155 Å². The van der Waals surface area contributed by atoms with Gasteiger partial charge < -0.3 is 14.7 Å². The van der Waals surface area contributed by atoms with Crippen LogP contribution in [0.4, 0.5) is 51.2 Å². The predicted molar refractivity (Wildman–Crippen MR) is 363 cm³/mol. The Morgan fingerprint density at radius 2 is 0.671 bits per heavy atom. The van der Waals surface area contributed by atoms with Crippen molar-refractivity contribution in [2.24, 2.45) is 0 Å². The van der Waals surface area contributed by atoms with Crippen LogP contribution < -0.4 is 14.7 Å². The number of aryl methyl sites for hydroxylation is 3. The third-order valence-corrected chi connectivity index (χ3v) is 18.2. The van der Waals surface area contributed by atoms with E-state index in [-0.39, 0.29) is 5.41 Å². The second-order valence-electron chi connectivity index (χ2n) is 23.7. The molecule has 11 aromatic rings. The van der Waals surface area contributed by atoms with E-state index in [4.69, 9.17) is 0 Å². The lowest BCUT2D eigenvalue weighted by molar-refractivity contribution is 0.401. The highest BCUT2D eigenvalue weighted by molar-refractivity contribution is 5.88. The molecule has 0 aliphatic heterocycles. The number of para-hydroxylation sites is 2. The van der Waals surface area contributed by atoms with Crippen LogP contribution in [0.5, 0.6) is 0 Å². The fraction of sp³-hybridized carbons (Fsp3) is 0.195. The maximum Gasteiger partial charge on any atom is 0.0467 e. The van der Waals surface area contributed by atoms with E-state index < -0.39 is 0 Å². The monoisotopic (exact) mass is 1100 g/mol. The molecule has 13 rings (SSSR count). The van der Waals surface area contributed by atoms with Gasteiger partial charge in [-0.2, -0.15) is 0 Å². The molecule has 0 fully saturated rings. The fourth-order valence-corrected chi connectivity index (χ4v) is 13.6. The first-order chi connectivity index (χ1) is 41.9. The van der Waals surface area contributed by atoms with Crippen LogP contribution in [0.25, 0.3) is 44.5 Å². The maximum atomic E-state index is 2.58. The smallest absolute Gasteiger partial charge is 0.0467 e. The summed E-state index contributed by atoms with van der Waals surface area (Å²) in [6.07, 6.45) is 14.8. The van der Waals surface area contributed by atoms with Gasteiger partial charge in [-0.1, -0.05) is 229 Å². The van der Waals surface area contributed by atoms with Gasteiger partial charge in [0, 0.05) is 56.6 Å². The summed E-state index contributed by atoms with van der Waals surface area (Å²) in [4.78, 5) is 7.20. The zero-order valence-electron chi connectivity index (χ0n) is 49.7. The number of rotatable bonds is 22. The molecule has 0 heterocycles. The molecule has 0 radical (unpaired) electrons. The molecule has 0 bridgehead atoms. The maximum absolute atomic E-state index is 2.58. The van der Waals surface area contributed by atoms with Crippen molar-refractivity contribution < 1.29 is 0 Å². The lowest BCUT2D eigenvalue weighted by atomic mass is 9.70. The van der Waals surface area contributed by atoms with Crippen LogP contribution in [-0.2, 0) is 18.3 Å². The summed E-state index contributed by atoms with van der Waals surface area (Å²) in [6.45, 7) is 6.81. The average molecular weight is 1100 g/mol. The SMILES string of the molecule is CCCCCCC1(CCCCCC)c2ccccc2-c2ccc(N(c3ccc(-c4ccc(N(c5ccccc5)c5ccccc5)cc4)cc3)c3ccc(-c4ccc(N(c5ccc(C)cc5)c5cccc(-c6ccc7c(c6)CC7)c5)cc4)cc3)cc21. The number of hydrogen-bond donors (Lipinski definition) is 0. The zero-order valence-corrected chi connectivity index (χ0v) is 49.7. The van der Waals surface area contributed by atoms with Gasteiger partial charge >= 0.3 is 0 Å². The quantitative estimate of drug-likeness (QED) is 0.0626. The van der Waals surface area contributed by atoms with Gasteiger partial charge in [0.15, 0.2) is 0 Å². The largest absolute Gasteiger partial charge is 0.311 e. The summed E-state index contributed by atoms with van der Waals surface area (Å²) in [5.74, 6) is 0. The van der Waals surface area contributed by atoms with Gasteiger partial charge in [0.1, 0.15) is 0 Å². The molecular formula is C82H77N3. The van der Waals surface area contributed by atoms with Gasteiger partial charge in [0.05, 0.1) is 0 Å². The summed E-state index contributed by atoms with van der Waals surface area (Å²) in [6, 6.07) is 99.6. The van der Waals surface area contributed by atoms with Gasteiger partial charge in [-0.3, -0.25) is 0 Å². The lowest BCUT2D eigenvalue weighted by Gasteiger charge is -2.34. The van der Waals surface area contributed by atoms with Crippen LogP contribution in [-0.4, -0.2) is 0 Å². The molecule has 0 saturated heterocycles. The van der Waals surface area contributed by atoms with Crippen molar-refractivity contribution in [1.29, 1.82) is 0 Å². The summed E-state index contributed by atoms with van der Waals surface area (Å²) in [5, 5.41) is 0. The van der Waals surface area contributed by atoms with Crippen molar-refractivity contribution in [2.45, 2.75) is 103 Å². The van der Waals surface area contributed by atoms with Crippen molar-refractivity contribution >= 4 is 51.2 Å². The standard InChI is InChI=1S/C82H77N3/c1-4-6-8-18-55-82(56-19-9-7-5-2)80-28-17-16-27-78(80)79-54-53-77(59-81(79)82)85(74-49-39-63(40-50-74)61-35-45-72(46-36-61)83(69-22-12-10-13-23-69)70-24-14-11-15-25-70)75-51-41-64(42-52-75)62-37-47-73(48-38-62)84(71-43-29-60(3)30-44-71)76-26-20-21-66(58-76)68-34-32-65-31-33-67(65)57-68/h10-17,20-30,32,34-54,57-59H,4-9,18-19,31,33,55-56H2,1-3H3. The Morgan fingerprint density at radius 1 is 0.282 bits per heavy atom. The van der Waals surface area contributed by atoms with Crippen LogP contribution in [0.3, 0.4) is 0 Å². The molecule has 3 nitrogen and oxygen atoms in total. The number of unbranched alkanes of at least 4 members (excludes halogenated alkanes) is 6. The molecule has 11 aromatic carbocycles. The molecule has 2 aliphatic rings. The number of anilines is 9. The Balaban J connectivity index is 0.853. The van der Waals surface area contributed by atoms with E-state index in [0.717, 1.165) is 45.5 Å². The van der Waals surface area contributed by atoms with E-state index >= 15 is 0 Å². The van der Waals surface area contributed by atoms with E-state index in [0.29, 0.717) is 0 Å². The first kappa shape index (κ1) is 55.0. The minimum absolute atomic E-state index is 0.0298. The lowest BCUT2D eigenvalue weighted by Crippen LogP contribution is -2.26. The third kappa shape index (κ3) is 11.4. The van der Waals surface area contributed by atoms with Crippen molar-refractivity contribution in [3.8, 4) is 44.5 Å². The van der Waals surface area contributed by atoms with E-state index in [1.54, 1.807) is 0 Å². The highest BCUT2D eigenvalue weighted by Gasteiger charge is 2.42. The number of nitrogens with zero attached hydrogens (tertiary/aromatic N) is 3. The first-order valence-electron chi connectivity index (χ1n) is 31.4. The summed E-state index contributed by atoms with van der Waals surface area (Å²) < 4.78 is 0. The van der Waals surface area contributed by atoms with E-state index in [9.17, 15) is 0 Å². The van der Waals surface area contributed by atoms with Crippen molar-refractivity contribution in [3.05, 3.63) is 295 Å². The topological polar surface area (TPSA) is 9.72 Å². The minimum atomic E-state index is -0.0298. The molecule has 0 amide bonds. The molecule has 85 heavy (non-hydrogen) atoms. The molecular weight excluding hydrogens is 1030 g/mol. The van der Waals surface area contributed by atoms with Gasteiger partial charge in [-0.15, -0.1) is 0 Å². The van der Waals surface area contributed by atoms with Gasteiger partial charge in [-0.05, 0) is 209 Å². The number of benzene rings is 11. The Labute approximate surface area is 505 Å². The van der Waals surface area contributed by atoms with Crippen molar-refractivity contribution in [1.82, 2.24) is 0 Å². The van der Waals surface area contributed by atoms with Crippen LogP contribution in [0.1, 0.15) is 106 Å². The number of hydrogen-bond acceptors (Lipinski definition) is 3. The Bertz CT molecular complexity index is 3960. The molecule has 0 unspecified atom stereocenters. The van der Waals surface area contributed by atoms with Gasteiger partial charge in [0.2, 0.25) is 0 Å². The molecule has 420 valence electrons. The summed E-state index contributed by atoms with van der Waals surface area (Å²) in [5.41, 5.74) is 27.5. The van der Waals surface area contributed by atoms with Crippen LogP contribution in [0, 0.1) is 6.92 Å². The minimum Gasteiger partial charge on any atom is -0.311 e. The van der Waals surface area contributed by atoms with E-state index in [1.807, 2.05) is 0 Å². The molecule has 0 spiro atoms. The second kappa shape index (κ2) is 25.0. The molecule has 0 saturated carbocycles. The van der Waals surface area contributed by atoms with Gasteiger partial charge in [0.25, 0.3) is 0 Å². The first-order valence-corrected chi connectivity index (χ1v) is 31.4. The zero-order chi connectivity index (χ0) is 57.5. The third-order valence-electron chi connectivity index (χ3n) is 18.2. The summed E-state index contributed by atoms with van der Waals surface area (Å²) in [7, 11) is 0. The molecule has 2 aliphatic carbocycles. The van der Waals surface area contributed by atoms with Gasteiger partial charge in [-0.25, -0.2) is 0 Å². The Hall–Kier alpha value is -9.18. The predicted octanol–water partition coefficient (Wildman–Crippen LogP) is 23.7. The highest BCUT2D eigenvalue weighted by Crippen LogP contribution is 2.56. The highest BCUT2D eigenvalue weighted by atomic mass is 15.2. The molecule has 0 atom stereocenters. The molecule has 0 aromatic heterocycles. The fourth-order valence-electron chi connectivity index (χ4n) is 13.6. The summed E-state index contributed by atoms with van der Waals surface area (Å²) >= 11 is 0. The van der Waals surface area contributed by atoms with Crippen LogP contribution in [0.15, 0.2) is 267 Å². The normalized spacial score (nSPS) is 12.6. The van der Waals surface area contributed by atoms with Crippen molar-refractivity contribution in [3.63, 3.8) is 0 Å². The van der Waals surface area contributed by atoms with Crippen molar-refractivity contribution in [2.75, 3.05) is 14.7 Å².